The summed E-state index contributed by atoms with van der Waals surface area (Å²) < 4.78 is 27.1. The molecule has 3 aromatic rings. The van der Waals surface area contributed by atoms with E-state index in [-0.39, 0.29) is 35.0 Å². The highest BCUT2D eigenvalue weighted by molar-refractivity contribution is 5.83. The third kappa shape index (κ3) is 4.80. The predicted octanol–water partition coefficient (Wildman–Crippen LogP) is 4.60. The lowest BCUT2D eigenvalue weighted by molar-refractivity contribution is -0.127. The first-order chi connectivity index (χ1) is 14.9. The van der Waals surface area contributed by atoms with Gasteiger partial charge in [-0.3, -0.25) is 14.7 Å². The van der Waals surface area contributed by atoms with E-state index in [0.717, 1.165) is 16.8 Å². The van der Waals surface area contributed by atoms with Crippen molar-refractivity contribution in [3.05, 3.63) is 94.8 Å². The number of halogens is 2. The molecule has 6 heteroatoms. The Labute approximate surface area is 180 Å². The number of Topliss-reactive ketones (excluding diaryl/α,β-unsaturated/α-hetero) is 1. The van der Waals surface area contributed by atoms with Crippen LogP contribution in [0.15, 0.2) is 60.7 Å². The molecule has 2 heterocycles. The number of pyridine rings is 1. The van der Waals surface area contributed by atoms with Crippen LogP contribution in [-0.4, -0.2) is 33.9 Å². The molecule has 2 aromatic carbocycles. The zero-order valence-corrected chi connectivity index (χ0v) is 17.3. The zero-order valence-electron chi connectivity index (χ0n) is 17.3. The van der Waals surface area contributed by atoms with E-state index in [2.05, 4.69) is 9.88 Å². The molecule has 1 saturated heterocycles. The van der Waals surface area contributed by atoms with Gasteiger partial charge in [0.05, 0.1) is 5.69 Å². The number of ketones is 1. The Balaban J connectivity index is 1.65. The number of benzene rings is 2. The summed E-state index contributed by atoms with van der Waals surface area (Å²) in [5.74, 6) is -1.14. The molecule has 1 aliphatic rings. The maximum Gasteiger partial charge on any atom is 0.139 e. The minimum absolute atomic E-state index is 0.122. The number of aromatic hydroxyl groups is 1. The normalized spacial score (nSPS) is 17.3. The SMILES string of the molecule is Cc1ccc(O)c(CN2CCC(=O)C(C(c3ccc(F)cc3)c3ccc(F)cc3)C2)n1. The molecule has 1 aromatic heterocycles. The first kappa shape index (κ1) is 21.1. The number of rotatable bonds is 5. The molecule has 4 nitrogen and oxygen atoms in total. The Morgan fingerprint density at radius 3 is 2.16 bits per heavy atom. The van der Waals surface area contributed by atoms with Gasteiger partial charge >= 0.3 is 0 Å². The van der Waals surface area contributed by atoms with Gasteiger partial charge in [0.2, 0.25) is 0 Å². The minimum atomic E-state index is -0.378. The van der Waals surface area contributed by atoms with Crippen molar-refractivity contribution in [3.8, 4) is 5.75 Å². The fraction of sp³-hybridized carbons (Fsp3) is 0.280. The van der Waals surface area contributed by atoms with Gasteiger partial charge in [0.1, 0.15) is 23.2 Å². The number of carbonyl (C=O) groups excluding carboxylic acids is 1. The summed E-state index contributed by atoms with van der Waals surface area (Å²) in [5.41, 5.74) is 3.01. The van der Waals surface area contributed by atoms with Crippen LogP contribution in [-0.2, 0) is 11.3 Å². The highest BCUT2D eigenvalue weighted by Gasteiger charge is 2.35. The molecule has 4 rings (SSSR count). The fourth-order valence-corrected chi connectivity index (χ4v) is 4.29. The lowest BCUT2D eigenvalue weighted by atomic mass is 9.76. The topological polar surface area (TPSA) is 53.4 Å². The van der Waals surface area contributed by atoms with Crippen molar-refractivity contribution in [2.75, 3.05) is 13.1 Å². The molecule has 0 bridgehead atoms. The van der Waals surface area contributed by atoms with Crippen molar-refractivity contribution in [1.82, 2.24) is 9.88 Å². The number of hydrogen-bond donors (Lipinski definition) is 1. The van der Waals surface area contributed by atoms with Gasteiger partial charge in [-0.1, -0.05) is 24.3 Å². The molecule has 0 aliphatic carbocycles. The first-order valence-corrected chi connectivity index (χ1v) is 10.3. The standard InChI is InChI=1S/C25H24F2N2O2/c1-16-2-11-24(31)22(28-16)15-29-13-12-23(30)21(14-29)25(17-3-7-19(26)8-4-17)18-5-9-20(27)10-6-18/h2-11,21,25,31H,12-15H2,1H3. The van der Waals surface area contributed by atoms with E-state index >= 15 is 0 Å². The summed E-state index contributed by atoms with van der Waals surface area (Å²) in [5, 5.41) is 10.2. The highest BCUT2D eigenvalue weighted by atomic mass is 19.1. The zero-order chi connectivity index (χ0) is 22.0. The first-order valence-electron chi connectivity index (χ1n) is 10.3. The van der Waals surface area contributed by atoms with Crippen LogP contribution in [0.2, 0.25) is 0 Å². The predicted molar refractivity (Wildman–Crippen MR) is 114 cm³/mol. The van der Waals surface area contributed by atoms with Crippen LogP contribution in [0.1, 0.15) is 34.9 Å². The third-order valence-electron chi connectivity index (χ3n) is 5.87. The maximum atomic E-state index is 13.5. The molecule has 1 fully saturated rings. The summed E-state index contributed by atoms with van der Waals surface area (Å²) in [6, 6.07) is 15.6. The smallest absolute Gasteiger partial charge is 0.139 e. The molecule has 0 amide bonds. The van der Waals surface area contributed by atoms with Crippen LogP contribution in [0, 0.1) is 24.5 Å². The lowest BCUT2D eigenvalue weighted by Crippen LogP contribution is -2.43. The van der Waals surface area contributed by atoms with Crippen molar-refractivity contribution in [3.63, 3.8) is 0 Å². The monoisotopic (exact) mass is 422 g/mol. The second-order valence-corrected chi connectivity index (χ2v) is 8.06. The van der Waals surface area contributed by atoms with E-state index in [1.807, 2.05) is 6.92 Å². The Morgan fingerprint density at radius 2 is 1.58 bits per heavy atom. The van der Waals surface area contributed by atoms with Gasteiger partial charge in [0.15, 0.2) is 0 Å². The molecule has 0 spiro atoms. The number of aromatic nitrogens is 1. The van der Waals surface area contributed by atoms with Crippen LogP contribution in [0.4, 0.5) is 8.78 Å². The van der Waals surface area contributed by atoms with E-state index in [1.54, 1.807) is 36.4 Å². The second-order valence-electron chi connectivity index (χ2n) is 8.06. The number of aryl methyl sites for hydroxylation is 1. The summed E-state index contributed by atoms with van der Waals surface area (Å²) >= 11 is 0. The van der Waals surface area contributed by atoms with Crippen LogP contribution in [0.3, 0.4) is 0 Å². The van der Waals surface area contributed by atoms with E-state index in [0.29, 0.717) is 31.7 Å². The van der Waals surface area contributed by atoms with Gasteiger partial charge in [-0.25, -0.2) is 8.78 Å². The number of carbonyl (C=O) groups is 1. The molecule has 160 valence electrons. The number of hydrogen-bond acceptors (Lipinski definition) is 4. The van der Waals surface area contributed by atoms with Crippen LogP contribution in [0.25, 0.3) is 0 Å². The van der Waals surface area contributed by atoms with Crippen LogP contribution in [0.5, 0.6) is 5.75 Å². The summed E-state index contributed by atoms with van der Waals surface area (Å²) in [6.07, 6.45) is 0.371. The summed E-state index contributed by atoms with van der Waals surface area (Å²) in [6.45, 7) is 3.33. The Kier molecular flexibility index (Phi) is 6.09. The fourth-order valence-electron chi connectivity index (χ4n) is 4.29. The van der Waals surface area contributed by atoms with Gasteiger partial charge in [-0.2, -0.15) is 0 Å². The quantitative estimate of drug-likeness (QED) is 0.653. The van der Waals surface area contributed by atoms with E-state index in [4.69, 9.17) is 0 Å². The summed E-state index contributed by atoms with van der Waals surface area (Å²) in [7, 11) is 0. The van der Waals surface area contributed by atoms with E-state index in [9.17, 15) is 18.7 Å². The largest absolute Gasteiger partial charge is 0.506 e. The average molecular weight is 422 g/mol. The highest BCUT2D eigenvalue weighted by Crippen LogP contribution is 2.36. The van der Waals surface area contributed by atoms with Crippen LogP contribution >= 0.6 is 0 Å². The van der Waals surface area contributed by atoms with Crippen molar-refractivity contribution < 1.29 is 18.7 Å². The van der Waals surface area contributed by atoms with Gasteiger partial charge in [-0.05, 0) is 54.4 Å². The van der Waals surface area contributed by atoms with Gasteiger partial charge < -0.3 is 5.11 Å². The number of piperidine rings is 1. The van der Waals surface area contributed by atoms with E-state index < -0.39 is 0 Å². The molecule has 0 radical (unpaired) electrons. The van der Waals surface area contributed by atoms with Crippen molar-refractivity contribution >= 4 is 5.78 Å². The molecule has 0 saturated carbocycles. The molecule has 1 N–H and O–H groups in total. The van der Waals surface area contributed by atoms with Crippen LogP contribution < -0.4 is 0 Å². The summed E-state index contributed by atoms with van der Waals surface area (Å²) in [4.78, 5) is 19.5. The van der Waals surface area contributed by atoms with Crippen molar-refractivity contribution in [1.29, 1.82) is 0 Å². The van der Waals surface area contributed by atoms with Gasteiger partial charge in [-0.15, -0.1) is 0 Å². The number of likely N-dealkylation sites (tertiary alicyclic amines) is 1. The second kappa shape index (κ2) is 8.94. The molecular weight excluding hydrogens is 398 g/mol. The minimum Gasteiger partial charge on any atom is -0.506 e. The molecule has 1 unspecified atom stereocenters. The Hall–Kier alpha value is -3.12. The Bertz CT molecular complexity index is 1020. The van der Waals surface area contributed by atoms with Crippen molar-refractivity contribution in [2.45, 2.75) is 25.8 Å². The van der Waals surface area contributed by atoms with Crippen molar-refractivity contribution in [2.24, 2.45) is 5.92 Å². The molecular formula is C25H24F2N2O2. The molecule has 1 aliphatic heterocycles. The average Bonchev–Trinajstić information content (AvgIpc) is 2.76. The lowest BCUT2D eigenvalue weighted by Gasteiger charge is -2.36. The maximum absolute atomic E-state index is 13.5. The molecule has 1 atom stereocenters. The third-order valence-corrected chi connectivity index (χ3v) is 5.87. The number of nitrogens with zero attached hydrogens (tertiary/aromatic N) is 2. The van der Waals surface area contributed by atoms with Gasteiger partial charge in [0.25, 0.3) is 0 Å². The molecule has 31 heavy (non-hydrogen) atoms. The van der Waals surface area contributed by atoms with Gasteiger partial charge in [0, 0.05) is 43.6 Å². The Morgan fingerprint density at radius 1 is 1.00 bits per heavy atom. The van der Waals surface area contributed by atoms with E-state index in [1.165, 1.54) is 24.3 Å².